The summed E-state index contributed by atoms with van der Waals surface area (Å²) in [4.78, 5) is 4.54. The summed E-state index contributed by atoms with van der Waals surface area (Å²) in [6, 6.07) is 8.23. The summed E-state index contributed by atoms with van der Waals surface area (Å²) in [7, 11) is 2.06. The number of nitrogens with zero attached hydrogens (tertiary/aromatic N) is 4. The second kappa shape index (κ2) is 7.04. The Morgan fingerprint density at radius 1 is 1.24 bits per heavy atom. The van der Waals surface area contributed by atoms with Crippen molar-refractivity contribution in [3.63, 3.8) is 0 Å². The van der Waals surface area contributed by atoms with Crippen molar-refractivity contribution in [1.29, 1.82) is 0 Å². The highest BCUT2D eigenvalue weighted by Gasteiger charge is 2.26. The van der Waals surface area contributed by atoms with Gasteiger partial charge in [0.25, 0.3) is 0 Å². The minimum absolute atomic E-state index is 0.116. The van der Waals surface area contributed by atoms with Crippen LogP contribution in [0.5, 0.6) is 5.75 Å². The van der Waals surface area contributed by atoms with Gasteiger partial charge in [-0.05, 0) is 26.1 Å². The quantitative estimate of drug-likeness (QED) is 0.831. The summed E-state index contributed by atoms with van der Waals surface area (Å²) in [5, 5.41) is 8.33. The molecule has 0 bridgehead atoms. The fourth-order valence-electron chi connectivity index (χ4n) is 3.04. The molecule has 1 aliphatic rings. The molecule has 1 unspecified atom stereocenters. The maximum absolute atomic E-state index is 6.18. The highest BCUT2D eigenvalue weighted by Crippen LogP contribution is 2.33. The first-order valence-electron chi connectivity index (χ1n) is 8.89. The third-order valence-electron chi connectivity index (χ3n) is 4.33. The van der Waals surface area contributed by atoms with Crippen LogP contribution in [-0.4, -0.2) is 47.9 Å². The van der Waals surface area contributed by atoms with Gasteiger partial charge in [0.2, 0.25) is 11.8 Å². The van der Waals surface area contributed by atoms with Gasteiger partial charge in [-0.25, -0.2) is 0 Å². The van der Waals surface area contributed by atoms with Crippen molar-refractivity contribution >= 4 is 5.69 Å². The molecule has 0 fully saturated rings. The fraction of sp³-hybridized carbons (Fsp3) is 0.579. The van der Waals surface area contributed by atoms with Crippen LogP contribution in [0.3, 0.4) is 0 Å². The molecule has 25 heavy (non-hydrogen) atoms. The van der Waals surface area contributed by atoms with Crippen molar-refractivity contribution in [3.05, 3.63) is 36.0 Å². The van der Waals surface area contributed by atoms with Crippen LogP contribution >= 0.6 is 0 Å². The first-order valence-corrected chi connectivity index (χ1v) is 8.89. The number of likely N-dealkylation sites (N-methyl/N-ethyl adjacent to an activating group) is 2. The number of hydrogen-bond donors (Lipinski definition) is 0. The number of para-hydroxylation sites is 2. The molecule has 2 aromatic rings. The normalized spacial score (nSPS) is 17.5. The predicted molar refractivity (Wildman–Crippen MR) is 98.1 cm³/mol. The van der Waals surface area contributed by atoms with Gasteiger partial charge in [-0.1, -0.05) is 32.9 Å². The Bertz CT molecular complexity index is 707. The van der Waals surface area contributed by atoms with E-state index in [1.54, 1.807) is 0 Å². The van der Waals surface area contributed by atoms with Gasteiger partial charge < -0.3 is 14.1 Å². The highest BCUT2D eigenvalue weighted by atomic mass is 16.5. The molecule has 6 heteroatoms. The number of hydrogen-bond acceptors (Lipinski definition) is 6. The van der Waals surface area contributed by atoms with Crippen LogP contribution in [0.1, 0.15) is 39.5 Å². The molecular formula is C19H28N4O2. The summed E-state index contributed by atoms with van der Waals surface area (Å²) >= 11 is 0. The lowest BCUT2D eigenvalue weighted by molar-refractivity contribution is 0.134. The minimum atomic E-state index is -0.123. The summed E-state index contributed by atoms with van der Waals surface area (Å²) in [6.45, 7) is 11.7. The molecular weight excluding hydrogens is 316 g/mol. The van der Waals surface area contributed by atoms with Crippen LogP contribution in [0.4, 0.5) is 5.69 Å². The Balaban J connectivity index is 1.62. The van der Waals surface area contributed by atoms with E-state index in [1.807, 2.05) is 12.1 Å². The smallest absolute Gasteiger partial charge is 0.230 e. The maximum Gasteiger partial charge on any atom is 0.230 e. The average Bonchev–Trinajstić information content (AvgIpc) is 3.02. The van der Waals surface area contributed by atoms with Crippen molar-refractivity contribution in [3.8, 4) is 5.75 Å². The molecule has 0 N–H and O–H groups in total. The molecule has 2 heterocycles. The van der Waals surface area contributed by atoms with Crippen LogP contribution in [-0.2, 0) is 12.0 Å². The molecule has 1 aromatic heterocycles. The molecule has 1 aromatic carbocycles. The molecule has 0 amide bonds. The van der Waals surface area contributed by atoms with Crippen molar-refractivity contribution < 1.29 is 9.15 Å². The summed E-state index contributed by atoms with van der Waals surface area (Å²) in [6.07, 6.45) is 0.116. The highest BCUT2D eigenvalue weighted by molar-refractivity contribution is 5.60. The van der Waals surface area contributed by atoms with E-state index in [0.717, 1.165) is 25.4 Å². The lowest BCUT2D eigenvalue weighted by Gasteiger charge is -2.37. The number of anilines is 1. The Hall–Kier alpha value is -2.08. The van der Waals surface area contributed by atoms with E-state index < -0.39 is 0 Å². The van der Waals surface area contributed by atoms with Gasteiger partial charge in [0.1, 0.15) is 11.9 Å². The molecule has 0 saturated heterocycles. The number of rotatable bonds is 5. The third kappa shape index (κ3) is 4.12. The summed E-state index contributed by atoms with van der Waals surface area (Å²) in [5.41, 5.74) is 1.05. The van der Waals surface area contributed by atoms with Crippen LogP contribution in [0.15, 0.2) is 28.7 Å². The first-order chi connectivity index (χ1) is 11.9. The lowest BCUT2D eigenvalue weighted by atomic mass is 9.97. The van der Waals surface area contributed by atoms with Crippen LogP contribution < -0.4 is 9.64 Å². The van der Waals surface area contributed by atoms with Crippen LogP contribution in [0, 0.1) is 0 Å². The maximum atomic E-state index is 6.18. The van der Waals surface area contributed by atoms with Gasteiger partial charge in [0.15, 0.2) is 0 Å². The lowest BCUT2D eigenvalue weighted by Crippen LogP contribution is -2.45. The second-order valence-corrected chi connectivity index (χ2v) is 7.69. The Kier molecular flexibility index (Phi) is 4.99. The van der Waals surface area contributed by atoms with E-state index in [-0.39, 0.29) is 11.5 Å². The average molecular weight is 344 g/mol. The molecule has 0 spiro atoms. The monoisotopic (exact) mass is 344 g/mol. The van der Waals surface area contributed by atoms with E-state index in [9.17, 15) is 0 Å². The number of benzene rings is 1. The first kappa shape index (κ1) is 17.7. The second-order valence-electron chi connectivity index (χ2n) is 7.69. The SMILES string of the molecule is CCN1CC(CN(C)Cc2nnc(C(C)(C)C)o2)Oc2ccccc21. The zero-order chi connectivity index (χ0) is 18.0. The molecule has 1 aliphatic heterocycles. The molecule has 6 nitrogen and oxygen atoms in total. The standard InChI is InChI=1S/C19H28N4O2/c1-6-23-12-14(24-16-10-8-7-9-15(16)23)11-22(5)13-17-20-21-18(25-17)19(2,3)4/h7-10,14H,6,11-13H2,1-5H3. The molecule has 1 atom stereocenters. The fourth-order valence-corrected chi connectivity index (χ4v) is 3.04. The van der Waals surface area contributed by atoms with Gasteiger partial charge in [0, 0.05) is 18.5 Å². The van der Waals surface area contributed by atoms with Crippen molar-refractivity contribution in [2.24, 2.45) is 0 Å². The van der Waals surface area contributed by atoms with Gasteiger partial charge in [-0.3, -0.25) is 4.90 Å². The predicted octanol–water partition coefficient (Wildman–Crippen LogP) is 3.09. The molecule has 0 saturated carbocycles. The molecule has 136 valence electrons. The van der Waals surface area contributed by atoms with Crippen molar-refractivity contribution in [2.75, 3.05) is 31.6 Å². The van der Waals surface area contributed by atoms with E-state index in [2.05, 4.69) is 66.9 Å². The van der Waals surface area contributed by atoms with E-state index in [0.29, 0.717) is 18.3 Å². The van der Waals surface area contributed by atoms with Gasteiger partial charge in [-0.15, -0.1) is 10.2 Å². The van der Waals surface area contributed by atoms with Gasteiger partial charge in [-0.2, -0.15) is 0 Å². The molecule has 0 radical (unpaired) electrons. The zero-order valence-electron chi connectivity index (χ0n) is 15.8. The topological polar surface area (TPSA) is 54.6 Å². The largest absolute Gasteiger partial charge is 0.485 e. The zero-order valence-corrected chi connectivity index (χ0v) is 15.8. The summed E-state index contributed by atoms with van der Waals surface area (Å²) < 4.78 is 12.0. The number of ether oxygens (including phenoxy) is 1. The van der Waals surface area contributed by atoms with E-state index in [1.165, 1.54) is 5.69 Å². The van der Waals surface area contributed by atoms with Crippen molar-refractivity contribution in [1.82, 2.24) is 15.1 Å². The number of aromatic nitrogens is 2. The minimum Gasteiger partial charge on any atom is -0.485 e. The van der Waals surface area contributed by atoms with E-state index in [4.69, 9.17) is 9.15 Å². The Morgan fingerprint density at radius 3 is 2.68 bits per heavy atom. The molecule has 0 aliphatic carbocycles. The van der Waals surface area contributed by atoms with Crippen LogP contribution in [0.2, 0.25) is 0 Å². The number of fused-ring (bicyclic) bond motifs is 1. The van der Waals surface area contributed by atoms with Crippen LogP contribution in [0.25, 0.3) is 0 Å². The van der Waals surface area contributed by atoms with Gasteiger partial charge >= 0.3 is 0 Å². The summed E-state index contributed by atoms with van der Waals surface area (Å²) in [5.74, 6) is 2.29. The Labute approximate surface area is 149 Å². The van der Waals surface area contributed by atoms with Crippen molar-refractivity contribution in [2.45, 2.75) is 45.8 Å². The molecule has 3 rings (SSSR count). The Morgan fingerprint density at radius 2 is 2.00 bits per heavy atom. The third-order valence-corrected chi connectivity index (χ3v) is 4.33. The van der Waals surface area contributed by atoms with E-state index >= 15 is 0 Å². The van der Waals surface area contributed by atoms with Gasteiger partial charge in [0.05, 0.1) is 18.8 Å².